The second kappa shape index (κ2) is 6.64. The highest BCUT2D eigenvalue weighted by Gasteiger charge is 2.55. The van der Waals surface area contributed by atoms with E-state index >= 15 is 0 Å². The van der Waals surface area contributed by atoms with E-state index in [1.807, 2.05) is 14.1 Å². The van der Waals surface area contributed by atoms with Crippen LogP contribution in [0.5, 0.6) is 0 Å². The van der Waals surface area contributed by atoms with E-state index in [2.05, 4.69) is 60.6 Å². The van der Waals surface area contributed by atoms with Crippen LogP contribution in [0.2, 0.25) is 0 Å². The van der Waals surface area contributed by atoms with E-state index < -0.39 is 5.97 Å². The summed E-state index contributed by atoms with van der Waals surface area (Å²) in [6.07, 6.45) is 10.8. The summed E-state index contributed by atoms with van der Waals surface area (Å²) in [7, 11) is 3.68. The summed E-state index contributed by atoms with van der Waals surface area (Å²) in [5, 5.41) is 4.44. The zero-order valence-electron chi connectivity index (χ0n) is 18.6. The van der Waals surface area contributed by atoms with E-state index in [1.165, 1.54) is 27.8 Å². The van der Waals surface area contributed by atoms with Gasteiger partial charge in [-0.1, -0.05) is 38.1 Å². The zero-order chi connectivity index (χ0) is 21.4. The first-order chi connectivity index (χ1) is 14.9. The molecule has 162 valence electrons. The lowest BCUT2D eigenvalue weighted by Gasteiger charge is -2.55. The van der Waals surface area contributed by atoms with Crippen molar-refractivity contribution >= 4 is 17.0 Å². The topological polar surface area (TPSA) is 54.1 Å². The molecule has 0 radical (unpaired) electrons. The minimum Gasteiger partial charge on any atom is -0.687 e. The van der Waals surface area contributed by atoms with Crippen LogP contribution >= 0.6 is 0 Å². The molecular formula is C26H29N2O3-. The maximum atomic E-state index is 6.38. The highest BCUT2D eigenvalue weighted by molar-refractivity contribution is 6.08. The molecule has 0 amide bonds. The van der Waals surface area contributed by atoms with E-state index in [4.69, 9.17) is 14.2 Å². The van der Waals surface area contributed by atoms with Gasteiger partial charge in [0.2, 0.25) is 0 Å². The summed E-state index contributed by atoms with van der Waals surface area (Å²) in [4.78, 5) is 4.44. The second-order valence-corrected chi connectivity index (χ2v) is 9.80. The average Bonchev–Trinajstić information content (AvgIpc) is 2.75. The smallest absolute Gasteiger partial charge is 0.288 e. The molecule has 0 atom stereocenters. The highest BCUT2D eigenvalue weighted by Crippen LogP contribution is 2.54. The Bertz CT molecular complexity index is 1040. The molecular weight excluding hydrogens is 388 g/mol. The van der Waals surface area contributed by atoms with Gasteiger partial charge >= 0.3 is 0 Å². The molecule has 1 aromatic rings. The second-order valence-electron chi connectivity index (χ2n) is 9.80. The number of fused-ring (bicyclic) bond motifs is 2. The fourth-order valence-electron chi connectivity index (χ4n) is 6.03. The fourth-order valence-corrected chi connectivity index (χ4v) is 6.03. The zero-order valence-corrected chi connectivity index (χ0v) is 18.6. The largest absolute Gasteiger partial charge is 0.687 e. The minimum atomic E-state index is -0.971. The van der Waals surface area contributed by atoms with Gasteiger partial charge in [-0.2, -0.15) is 0 Å². The standard InChI is InChI=1S/C26H29N2O3/c1-25(2)23-9-15(27-3)5-7-20(23)22(21-8-6-16(28-4)10-24(21)25)14-26-29-17-11-18(30-26)13-19(12-17)31-26/h5-10,17-19H,11-14H2,1-4H3/q-1. The number of aliphatic imine (C=N–C) groups is 1. The van der Waals surface area contributed by atoms with Gasteiger partial charge in [0.1, 0.15) is 0 Å². The number of rotatable bonds is 3. The summed E-state index contributed by atoms with van der Waals surface area (Å²) in [6, 6.07) is 6.52. The molecule has 0 spiro atoms. The minimum absolute atomic E-state index is 0.167. The number of hydrogen-bond donors (Lipinski definition) is 0. The van der Waals surface area contributed by atoms with Gasteiger partial charge in [-0.15, -0.1) is 12.7 Å². The Morgan fingerprint density at radius 3 is 2.32 bits per heavy atom. The molecule has 1 aromatic carbocycles. The lowest BCUT2D eigenvalue weighted by atomic mass is 9.64. The molecule has 0 N–H and O–H groups in total. The quantitative estimate of drug-likeness (QED) is 0.667. The van der Waals surface area contributed by atoms with Gasteiger partial charge in [0.25, 0.3) is 5.97 Å². The van der Waals surface area contributed by atoms with E-state index in [1.54, 1.807) is 0 Å². The van der Waals surface area contributed by atoms with Gasteiger partial charge in [-0.25, -0.2) is 0 Å². The molecule has 3 aliphatic carbocycles. The van der Waals surface area contributed by atoms with Crippen molar-refractivity contribution in [2.45, 2.75) is 69.2 Å². The van der Waals surface area contributed by atoms with Crippen LogP contribution < -0.4 is 0 Å². The van der Waals surface area contributed by atoms with Crippen molar-refractivity contribution in [2.75, 3.05) is 14.1 Å². The van der Waals surface area contributed by atoms with Crippen LogP contribution in [0.4, 0.5) is 5.69 Å². The third-order valence-corrected chi connectivity index (χ3v) is 7.53. The van der Waals surface area contributed by atoms with Gasteiger partial charge in [0.05, 0.1) is 30.4 Å². The number of hydrogen-bond acceptors (Lipinski definition) is 4. The molecule has 0 unspecified atom stereocenters. The van der Waals surface area contributed by atoms with E-state index in [-0.39, 0.29) is 23.7 Å². The van der Waals surface area contributed by atoms with Gasteiger partial charge in [-0.05, 0) is 40.0 Å². The monoisotopic (exact) mass is 417 g/mol. The lowest BCUT2D eigenvalue weighted by Crippen LogP contribution is -2.62. The van der Waals surface area contributed by atoms with Crippen LogP contribution in [0.15, 0.2) is 52.6 Å². The Morgan fingerprint density at radius 2 is 1.71 bits per heavy atom. The van der Waals surface area contributed by atoms with Crippen LogP contribution in [-0.4, -0.2) is 44.1 Å². The van der Waals surface area contributed by atoms with Gasteiger partial charge in [0, 0.05) is 31.7 Å². The molecule has 31 heavy (non-hydrogen) atoms. The maximum absolute atomic E-state index is 6.38. The van der Waals surface area contributed by atoms with Gasteiger partial charge < -0.3 is 19.5 Å². The summed E-state index contributed by atoms with van der Waals surface area (Å²) in [6.45, 7) is 4.57. The molecule has 3 heterocycles. The summed E-state index contributed by atoms with van der Waals surface area (Å²) >= 11 is 0. The number of benzene rings is 1. The van der Waals surface area contributed by atoms with Gasteiger partial charge in [-0.3, -0.25) is 4.99 Å². The van der Waals surface area contributed by atoms with Crippen LogP contribution in [0, 0.1) is 0 Å². The van der Waals surface area contributed by atoms with Crippen molar-refractivity contribution in [1.29, 1.82) is 0 Å². The Kier molecular flexibility index (Phi) is 4.17. The van der Waals surface area contributed by atoms with E-state index in [0.717, 1.165) is 30.7 Å². The highest BCUT2D eigenvalue weighted by atomic mass is 16.9. The predicted octanol–water partition coefficient (Wildman–Crippen LogP) is 5.34. The van der Waals surface area contributed by atoms with Crippen molar-refractivity contribution in [3.8, 4) is 0 Å². The first kappa shape index (κ1) is 19.5. The normalized spacial score (nSPS) is 35.8. The molecule has 1 saturated carbocycles. The summed E-state index contributed by atoms with van der Waals surface area (Å²) in [5.41, 5.74) is 8.05. The summed E-state index contributed by atoms with van der Waals surface area (Å²) in [5.74, 6) is -0.971. The third kappa shape index (κ3) is 2.90. The molecule has 5 heteroatoms. The van der Waals surface area contributed by atoms with Crippen LogP contribution in [0.1, 0.15) is 50.7 Å². The molecule has 4 fully saturated rings. The molecule has 0 aromatic heterocycles. The number of nitrogens with zero attached hydrogens (tertiary/aromatic N) is 2. The van der Waals surface area contributed by atoms with Crippen LogP contribution in [0.25, 0.3) is 10.9 Å². The Labute approximate surface area is 183 Å². The van der Waals surface area contributed by atoms with Gasteiger partial charge in [0.15, 0.2) is 0 Å². The summed E-state index contributed by atoms with van der Waals surface area (Å²) < 4.78 is 19.1. The first-order valence-electron chi connectivity index (χ1n) is 11.3. The van der Waals surface area contributed by atoms with Crippen LogP contribution in [-0.2, 0) is 19.6 Å². The predicted molar refractivity (Wildman–Crippen MR) is 122 cm³/mol. The van der Waals surface area contributed by atoms with Crippen molar-refractivity contribution in [3.05, 3.63) is 64.0 Å². The fraction of sp³-hybridized carbons (Fsp3) is 0.500. The number of allylic oxidation sites excluding steroid dienone is 5. The molecule has 6 aliphatic rings. The third-order valence-electron chi connectivity index (χ3n) is 7.53. The van der Waals surface area contributed by atoms with E-state index in [9.17, 15) is 0 Å². The maximum Gasteiger partial charge on any atom is 0.288 e. The van der Waals surface area contributed by atoms with Crippen molar-refractivity contribution < 1.29 is 14.2 Å². The average molecular weight is 418 g/mol. The SMILES string of the molecule is CN=C1C=CC2=C(CC34OC5CC(CC(C5)O3)O4)c3ccc([N-]C)cc3C(C)(C)C2=C1. The lowest BCUT2D eigenvalue weighted by molar-refractivity contribution is -0.491. The Morgan fingerprint density at radius 1 is 1.03 bits per heavy atom. The van der Waals surface area contributed by atoms with Crippen molar-refractivity contribution in [3.63, 3.8) is 0 Å². The van der Waals surface area contributed by atoms with Crippen molar-refractivity contribution in [2.24, 2.45) is 4.99 Å². The molecule has 5 nitrogen and oxygen atoms in total. The number of ether oxygens (including phenoxy) is 3. The van der Waals surface area contributed by atoms with Crippen LogP contribution in [0.3, 0.4) is 0 Å². The molecule has 3 saturated heterocycles. The molecule has 3 aliphatic heterocycles. The Balaban J connectivity index is 1.52. The van der Waals surface area contributed by atoms with E-state index in [0.29, 0.717) is 6.42 Å². The molecule has 7 rings (SSSR count). The molecule has 4 bridgehead atoms. The Hall–Kier alpha value is -2.21. The van der Waals surface area contributed by atoms with Crippen molar-refractivity contribution in [1.82, 2.24) is 0 Å². The first-order valence-corrected chi connectivity index (χ1v) is 11.3.